The number of benzene rings is 2. The number of likely N-dealkylation sites (tertiary alicyclic amines) is 1. The van der Waals surface area contributed by atoms with E-state index in [1.165, 1.54) is 50.6 Å². The lowest BCUT2D eigenvalue weighted by atomic mass is 9.90. The number of carbonyl (C=O) groups excluding carboxylic acids is 5. The van der Waals surface area contributed by atoms with Gasteiger partial charge in [-0.2, -0.15) is 4.39 Å². The molecule has 2 aromatic carbocycles. The maximum atomic E-state index is 15.4. The van der Waals surface area contributed by atoms with Crippen LogP contribution < -0.4 is 4.90 Å². The SMILES string of the molecule is COC(=O)c1c(C(C)C)nc(F)c(COC[C@H]2CCC(=O)N2C(=O)OC(C)(C)C)c1-c1ccc(F)cc1.COC(=O)c1c(C(C)C)nc2c(c1-c1ccc(F)cc1)COC[C@H]1CCC(=O)N21. The Morgan fingerprint density at radius 2 is 1.30 bits per heavy atom. The van der Waals surface area contributed by atoms with Crippen molar-refractivity contribution in [1.82, 2.24) is 14.9 Å². The summed E-state index contributed by atoms with van der Waals surface area (Å²) in [5, 5.41) is 0. The van der Waals surface area contributed by atoms with Crippen LogP contribution in [-0.4, -0.2) is 89.8 Å². The van der Waals surface area contributed by atoms with Crippen LogP contribution in [0.4, 0.5) is 23.8 Å². The summed E-state index contributed by atoms with van der Waals surface area (Å²) in [6.45, 7) is 12.7. The van der Waals surface area contributed by atoms with Crippen LogP contribution in [0.15, 0.2) is 48.5 Å². The Labute approximate surface area is 381 Å². The van der Waals surface area contributed by atoms with Gasteiger partial charge in [-0.15, -0.1) is 0 Å². The van der Waals surface area contributed by atoms with Crippen molar-refractivity contribution in [2.24, 2.45) is 0 Å². The first kappa shape index (κ1) is 49.2. The Morgan fingerprint density at radius 1 is 0.773 bits per heavy atom. The van der Waals surface area contributed by atoms with Gasteiger partial charge in [-0.3, -0.25) is 14.5 Å². The number of anilines is 1. The Kier molecular flexibility index (Phi) is 15.3. The molecule has 3 aliphatic rings. The smallest absolute Gasteiger partial charge is 0.417 e. The second-order valence-corrected chi connectivity index (χ2v) is 17.8. The average molecular weight is 917 g/mol. The monoisotopic (exact) mass is 916 g/mol. The minimum atomic E-state index is -0.845. The van der Waals surface area contributed by atoms with Gasteiger partial charge in [0.05, 0.1) is 75.2 Å². The van der Waals surface area contributed by atoms with E-state index in [-0.39, 0.29) is 84.1 Å². The van der Waals surface area contributed by atoms with Gasteiger partial charge in [-0.05, 0) is 80.8 Å². The number of imide groups is 1. The first-order valence-electron chi connectivity index (χ1n) is 21.8. The zero-order chi connectivity index (χ0) is 48.2. The molecular weight excluding hydrogens is 862 g/mol. The molecule has 0 radical (unpaired) electrons. The molecule has 0 aliphatic carbocycles. The van der Waals surface area contributed by atoms with Gasteiger partial charge >= 0.3 is 18.0 Å². The van der Waals surface area contributed by atoms with E-state index in [9.17, 15) is 32.8 Å². The van der Waals surface area contributed by atoms with Crippen LogP contribution in [0.5, 0.6) is 0 Å². The molecule has 14 nitrogen and oxygen atoms in total. The second-order valence-electron chi connectivity index (χ2n) is 17.8. The number of pyridine rings is 2. The number of nitrogens with zero attached hydrogens (tertiary/aromatic N) is 4. The molecule has 17 heteroatoms. The van der Waals surface area contributed by atoms with Crippen LogP contribution in [0.2, 0.25) is 0 Å². The number of hydrogen-bond donors (Lipinski definition) is 0. The molecule has 5 heterocycles. The van der Waals surface area contributed by atoms with E-state index in [0.29, 0.717) is 65.2 Å². The largest absolute Gasteiger partial charge is 0.465 e. The zero-order valence-electron chi connectivity index (χ0n) is 38.6. The van der Waals surface area contributed by atoms with Crippen molar-refractivity contribution in [2.45, 2.75) is 117 Å². The third-order valence-electron chi connectivity index (χ3n) is 11.3. The number of ether oxygens (including phenoxy) is 5. The number of fused-ring (bicyclic) bond motifs is 3. The molecule has 0 N–H and O–H groups in total. The summed E-state index contributed by atoms with van der Waals surface area (Å²) in [6, 6.07) is 10.6. The Morgan fingerprint density at radius 3 is 1.85 bits per heavy atom. The fraction of sp³-hybridized carbons (Fsp3) is 0.449. The fourth-order valence-corrected chi connectivity index (χ4v) is 8.28. The zero-order valence-corrected chi connectivity index (χ0v) is 38.6. The molecule has 7 rings (SSSR count). The number of methoxy groups -OCH3 is 2. The van der Waals surface area contributed by atoms with E-state index < -0.39 is 41.4 Å². The van der Waals surface area contributed by atoms with Crippen LogP contribution in [0, 0.1) is 17.6 Å². The van der Waals surface area contributed by atoms with Gasteiger partial charge in [0, 0.05) is 35.1 Å². The molecule has 0 unspecified atom stereocenters. The summed E-state index contributed by atoms with van der Waals surface area (Å²) >= 11 is 0. The van der Waals surface area contributed by atoms with Crippen molar-refractivity contribution in [3.63, 3.8) is 0 Å². The highest BCUT2D eigenvalue weighted by Gasteiger charge is 2.41. The van der Waals surface area contributed by atoms with Gasteiger partial charge in [-0.1, -0.05) is 52.0 Å². The number of aromatic nitrogens is 2. The molecule has 3 aliphatic heterocycles. The van der Waals surface area contributed by atoms with Crippen LogP contribution in [-0.2, 0) is 46.5 Å². The van der Waals surface area contributed by atoms with Crippen molar-refractivity contribution in [1.29, 1.82) is 0 Å². The number of amides is 3. The van der Waals surface area contributed by atoms with Crippen molar-refractivity contribution in [2.75, 3.05) is 32.3 Å². The Hall–Kier alpha value is -6.20. The number of rotatable bonds is 10. The Bertz CT molecular complexity index is 2490. The standard InChI is InChI=1S/C27H32F2N2O6.C22H23FN2O4/c1-15(2)23-22(25(33)35-6)21(16-7-9-17(28)10-8-16)19(24(29)30-23)14-36-13-18-11-12-20(32)31(18)26(34)37-27(3,4)5;1-12(2)20-19(22(27)28-3)18(13-4-6-14(23)7-5-13)16-11-29-10-15-8-9-17(26)25(15)21(16)24-20/h7-10,15,18H,11-14H2,1-6H3;4-7,12,15H,8-11H2,1-3H3/t18-;15-/m11/s1. The maximum absolute atomic E-state index is 15.4. The van der Waals surface area contributed by atoms with E-state index in [0.717, 1.165) is 4.90 Å². The summed E-state index contributed by atoms with van der Waals surface area (Å²) in [5.74, 6) is -3.19. The van der Waals surface area contributed by atoms with Gasteiger partial charge < -0.3 is 23.7 Å². The van der Waals surface area contributed by atoms with E-state index in [1.807, 2.05) is 13.8 Å². The molecule has 0 saturated carbocycles. The topological polar surface area (TPSA) is 164 Å². The quantitative estimate of drug-likeness (QED) is 0.0843. The highest BCUT2D eigenvalue weighted by Crippen LogP contribution is 2.42. The molecular formula is C49H55F3N4O10. The van der Waals surface area contributed by atoms with Gasteiger partial charge in [0.1, 0.15) is 23.1 Å². The fourth-order valence-electron chi connectivity index (χ4n) is 8.28. The predicted octanol–water partition coefficient (Wildman–Crippen LogP) is 9.20. The summed E-state index contributed by atoms with van der Waals surface area (Å²) < 4.78 is 69.7. The van der Waals surface area contributed by atoms with Crippen molar-refractivity contribution in [3.8, 4) is 22.3 Å². The number of hydrogen-bond acceptors (Lipinski definition) is 12. The van der Waals surface area contributed by atoms with E-state index in [4.69, 9.17) is 28.7 Å². The normalized spacial score (nSPS) is 17.0. The number of carbonyl (C=O) groups is 5. The molecule has 2 aromatic heterocycles. The molecule has 2 fully saturated rings. The molecule has 66 heavy (non-hydrogen) atoms. The van der Waals surface area contributed by atoms with Gasteiger partial charge in [0.2, 0.25) is 17.8 Å². The van der Waals surface area contributed by atoms with E-state index in [1.54, 1.807) is 51.7 Å². The van der Waals surface area contributed by atoms with Crippen LogP contribution >= 0.6 is 0 Å². The number of halogens is 3. The van der Waals surface area contributed by atoms with Gasteiger partial charge in [0.15, 0.2) is 0 Å². The molecule has 3 amide bonds. The van der Waals surface area contributed by atoms with Crippen molar-refractivity contribution >= 4 is 35.7 Å². The third kappa shape index (κ3) is 10.6. The lowest BCUT2D eigenvalue weighted by Crippen LogP contribution is -2.44. The van der Waals surface area contributed by atoms with Crippen LogP contribution in [0.3, 0.4) is 0 Å². The summed E-state index contributed by atoms with van der Waals surface area (Å²) in [6.07, 6.45) is 0.902. The predicted molar refractivity (Wildman–Crippen MR) is 236 cm³/mol. The number of esters is 2. The van der Waals surface area contributed by atoms with E-state index >= 15 is 4.39 Å². The maximum Gasteiger partial charge on any atom is 0.417 e. The molecule has 2 atom stereocenters. The second kappa shape index (κ2) is 20.5. The van der Waals surface area contributed by atoms with Crippen LogP contribution in [0.1, 0.15) is 129 Å². The minimum Gasteiger partial charge on any atom is -0.465 e. The molecule has 0 spiro atoms. The average Bonchev–Trinajstić information content (AvgIpc) is 3.76. The highest BCUT2D eigenvalue weighted by atomic mass is 19.1. The molecule has 2 saturated heterocycles. The van der Waals surface area contributed by atoms with Crippen molar-refractivity contribution < 1.29 is 60.8 Å². The van der Waals surface area contributed by atoms with Gasteiger partial charge in [-0.25, -0.2) is 38.0 Å². The third-order valence-corrected chi connectivity index (χ3v) is 11.3. The summed E-state index contributed by atoms with van der Waals surface area (Å²) in [7, 11) is 2.53. The highest BCUT2D eigenvalue weighted by molar-refractivity contribution is 6.03. The lowest BCUT2D eigenvalue weighted by molar-refractivity contribution is -0.129. The molecule has 352 valence electrons. The first-order chi connectivity index (χ1) is 31.3. The van der Waals surface area contributed by atoms with E-state index in [2.05, 4.69) is 4.98 Å². The summed E-state index contributed by atoms with van der Waals surface area (Å²) in [5.41, 5.74) is 2.81. The minimum absolute atomic E-state index is 0.000157. The molecule has 0 bridgehead atoms. The lowest BCUT2D eigenvalue weighted by Gasteiger charge is -2.27. The first-order valence-corrected chi connectivity index (χ1v) is 21.8. The van der Waals surface area contributed by atoms with Crippen LogP contribution in [0.25, 0.3) is 22.3 Å². The van der Waals surface area contributed by atoms with Gasteiger partial charge in [0.25, 0.3) is 0 Å². The Balaban J connectivity index is 0.000000224. The molecule has 4 aromatic rings. The van der Waals surface area contributed by atoms with Crippen molar-refractivity contribution in [3.05, 3.63) is 99.8 Å². The summed E-state index contributed by atoms with van der Waals surface area (Å²) in [4.78, 5) is 74.7.